The molecule has 1 atom stereocenters. The molecule has 0 bridgehead atoms. The Kier molecular flexibility index (Phi) is 5.55. The standard InChI is InChI=1S/C16H23BrO/c1-2-3-4-5-8-15(17)13-9-10-16-14(12-13)7-6-11-18-16/h9-10,12,15H,2-8,11H2,1H3. The van der Waals surface area contributed by atoms with Gasteiger partial charge in [0.2, 0.25) is 0 Å². The zero-order chi connectivity index (χ0) is 12.8. The van der Waals surface area contributed by atoms with Crippen molar-refractivity contribution in [2.75, 3.05) is 6.61 Å². The van der Waals surface area contributed by atoms with Crippen molar-refractivity contribution in [2.45, 2.75) is 56.7 Å². The van der Waals surface area contributed by atoms with Crippen LogP contribution in [0.25, 0.3) is 0 Å². The van der Waals surface area contributed by atoms with E-state index in [9.17, 15) is 0 Å². The SMILES string of the molecule is CCCCCCC(Br)c1ccc2c(c1)CCCO2. The summed E-state index contributed by atoms with van der Waals surface area (Å²) in [4.78, 5) is 0.501. The summed E-state index contributed by atoms with van der Waals surface area (Å²) in [6.07, 6.45) is 8.89. The topological polar surface area (TPSA) is 9.23 Å². The molecule has 2 rings (SSSR count). The summed E-state index contributed by atoms with van der Waals surface area (Å²) >= 11 is 3.83. The van der Waals surface area contributed by atoms with Crippen LogP contribution < -0.4 is 4.74 Å². The summed E-state index contributed by atoms with van der Waals surface area (Å²) in [5, 5.41) is 0. The van der Waals surface area contributed by atoms with Crippen LogP contribution in [-0.4, -0.2) is 6.61 Å². The molecule has 1 unspecified atom stereocenters. The van der Waals surface area contributed by atoms with Crippen LogP contribution in [0.3, 0.4) is 0 Å². The molecule has 1 heterocycles. The highest BCUT2D eigenvalue weighted by Gasteiger charge is 2.13. The minimum absolute atomic E-state index is 0.501. The van der Waals surface area contributed by atoms with Gasteiger partial charge in [0.25, 0.3) is 0 Å². The fourth-order valence-corrected chi connectivity index (χ4v) is 3.10. The molecule has 0 aliphatic carbocycles. The van der Waals surface area contributed by atoms with E-state index in [4.69, 9.17) is 4.74 Å². The molecule has 1 aromatic carbocycles. The number of hydrogen-bond acceptors (Lipinski definition) is 1. The molecule has 0 radical (unpaired) electrons. The van der Waals surface area contributed by atoms with Crippen molar-refractivity contribution >= 4 is 15.9 Å². The maximum absolute atomic E-state index is 5.66. The van der Waals surface area contributed by atoms with Gasteiger partial charge in [-0.1, -0.05) is 60.7 Å². The minimum atomic E-state index is 0.501. The van der Waals surface area contributed by atoms with Crippen LogP contribution in [0.1, 0.15) is 61.4 Å². The Bertz CT molecular complexity index is 375. The van der Waals surface area contributed by atoms with Crippen molar-refractivity contribution in [1.82, 2.24) is 0 Å². The lowest BCUT2D eigenvalue weighted by molar-refractivity contribution is 0.288. The molecule has 18 heavy (non-hydrogen) atoms. The number of fused-ring (bicyclic) bond motifs is 1. The second-order valence-electron chi connectivity index (χ2n) is 5.14. The Morgan fingerprint density at radius 2 is 2.17 bits per heavy atom. The summed E-state index contributed by atoms with van der Waals surface area (Å²) in [6, 6.07) is 6.68. The smallest absolute Gasteiger partial charge is 0.122 e. The van der Waals surface area contributed by atoms with Crippen molar-refractivity contribution in [2.24, 2.45) is 0 Å². The highest BCUT2D eigenvalue weighted by molar-refractivity contribution is 9.09. The Hall–Kier alpha value is -0.500. The lowest BCUT2D eigenvalue weighted by Crippen LogP contribution is -2.08. The molecule has 0 amide bonds. The fourth-order valence-electron chi connectivity index (χ4n) is 2.49. The predicted molar refractivity (Wildman–Crippen MR) is 80.7 cm³/mol. The Labute approximate surface area is 119 Å². The summed E-state index contributed by atoms with van der Waals surface area (Å²) in [5.41, 5.74) is 2.80. The Morgan fingerprint density at radius 1 is 1.28 bits per heavy atom. The van der Waals surface area contributed by atoms with E-state index < -0.39 is 0 Å². The maximum atomic E-state index is 5.66. The van der Waals surface area contributed by atoms with Gasteiger partial charge in [0, 0.05) is 4.83 Å². The number of rotatable bonds is 6. The van der Waals surface area contributed by atoms with E-state index in [2.05, 4.69) is 41.1 Å². The molecule has 100 valence electrons. The highest BCUT2D eigenvalue weighted by Crippen LogP contribution is 2.33. The normalized spacial score (nSPS) is 15.9. The summed E-state index contributed by atoms with van der Waals surface area (Å²) in [5.74, 6) is 1.09. The Morgan fingerprint density at radius 3 is 3.00 bits per heavy atom. The van der Waals surface area contributed by atoms with E-state index in [-0.39, 0.29) is 0 Å². The third-order valence-corrected chi connectivity index (χ3v) is 4.59. The van der Waals surface area contributed by atoms with E-state index >= 15 is 0 Å². The lowest BCUT2D eigenvalue weighted by atomic mass is 9.99. The molecule has 0 spiro atoms. The molecule has 0 N–H and O–H groups in total. The van der Waals surface area contributed by atoms with E-state index in [1.807, 2.05) is 0 Å². The molecule has 0 fully saturated rings. The summed E-state index contributed by atoms with van der Waals surface area (Å²) in [7, 11) is 0. The largest absolute Gasteiger partial charge is 0.493 e. The number of benzene rings is 1. The zero-order valence-corrected chi connectivity index (χ0v) is 12.8. The van der Waals surface area contributed by atoms with Crippen LogP contribution in [0.2, 0.25) is 0 Å². The Balaban J connectivity index is 1.91. The third-order valence-electron chi connectivity index (χ3n) is 3.61. The molecule has 0 aromatic heterocycles. The van der Waals surface area contributed by atoms with Gasteiger partial charge >= 0.3 is 0 Å². The van der Waals surface area contributed by atoms with Gasteiger partial charge in [0.15, 0.2) is 0 Å². The lowest BCUT2D eigenvalue weighted by Gasteiger charge is -2.19. The van der Waals surface area contributed by atoms with E-state index in [0.29, 0.717) is 4.83 Å². The number of alkyl halides is 1. The van der Waals surface area contributed by atoms with Gasteiger partial charge in [-0.15, -0.1) is 0 Å². The van der Waals surface area contributed by atoms with Crippen molar-refractivity contribution in [1.29, 1.82) is 0 Å². The minimum Gasteiger partial charge on any atom is -0.493 e. The molecule has 1 aliphatic heterocycles. The zero-order valence-electron chi connectivity index (χ0n) is 11.3. The second-order valence-corrected chi connectivity index (χ2v) is 6.24. The molecule has 0 saturated heterocycles. The molecule has 2 heteroatoms. The van der Waals surface area contributed by atoms with Crippen LogP contribution in [0.15, 0.2) is 18.2 Å². The third kappa shape index (κ3) is 3.74. The van der Waals surface area contributed by atoms with Gasteiger partial charge in [0.05, 0.1) is 6.61 Å². The summed E-state index contributed by atoms with van der Waals surface area (Å²) in [6.45, 7) is 3.14. The maximum Gasteiger partial charge on any atom is 0.122 e. The van der Waals surface area contributed by atoms with Crippen LogP contribution in [-0.2, 0) is 6.42 Å². The first-order valence-corrected chi connectivity index (χ1v) is 8.12. The quantitative estimate of drug-likeness (QED) is 0.503. The number of aryl methyl sites for hydroxylation is 1. The van der Waals surface area contributed by atoms with Crippen LogP contribution in [0, 0.1) is 0 Å². The molecule has 1 nitrogen and oxygen atoms in total. The second kappa shape index (κ2) is 7.18. The number of halogens is 1. The average molecular weight is 311 g/mol. The molecule has 1 aromatic rings. The highest BCUT2D eigenvalue weighted by atomic mass is 79.9. The van der Waals surface area contributed by atoms with Crippen LogP contribution in [0.5, 0.6) is 5.75 Å². The van der Waals surface area contributed by atoms with Crippen LogP contribution >= 0.6 is 15.9 Å². The molecular weight excluding hydrogens is 288 g/mol. The number of ether oxygens (including phenoxy) is 1. The van der Waals surface area contributed by atoms with Crippen LogP contribution in [0.4, 0.5) is 0 Å². The van der Waals surface area contributed by atoms with Gasteiger partial charge in [0.1, 0.15) is 5.75 Å². The van der Waals surface area contributed by atoms with Gasteiger partial charge < -0.3 is 4.74 Å². The number of hydrogen-bond donors (Lipinski definition) is 0. The molecule has 0 saturated carbocycles. The van der Waals surface area contributed by atoms with Crippen molar-refractivity contribution in [3.63, 3.8) is 0 Å². The fraction of sp³-hybridized carbons (Fsp3) is 0.625. The molecule has 1 aliphatic rings. The van der Waals surface area contributed by atoms with Gasteiger partial charge in [-0.2, -0.15) is 0 Å². The summed E-state index contributed by atoms with van der Waals surface area (Å²) < 4.78 is 5.66. The van der Waals surface area contributed by atoms with E-state index in [1.54, 1.807) is 0 Å². The first-order valence-electron chi connectivity index (χ1n) is 7.21. The van der Waals surface area contributed by atoms with E-state index in [1.165, 1.54) is 49.7 Å². The monoisotopic (exact) mass is 310 g/mol. The van der Waals surface area contributed by atoms with Crippen molar-refractivity contribution in [3.05, 3.63) is 29.3 Å². The predicted octanol–water partition coefficient (Wildman–Crippen LogP) is 5.42. The van der Waals surface area contributed by atoms with Crippen molar-refractivity contribution < 1.29 is 4.74 Å². The first kappa shape index (κ1) is 13.9. The van der Waals surface area contributed by atoms with Gasteiger partial charge in [-0.25, -0.2) is 0 Å². The average Bonchev–Trinajstić information content (AvgIpc) is 2.43. The van der Waals surface area contributed by atoms with Gasteiger partial charge in [-0.3, -0.25) is 0 Å². The van der Waals surface area contributed by atoms with Crippen molar-refractivity contribution in [3.8, 4) is 5.75 Å². The number of unbranched alkanes of at least 4 members (excludes halogenated alkanes) is 3. The van der Waals surface area contributed by atoms with E-state index in [0.717, 1.165) is 18.8 Å². The molecular formula is C16H23BrO. The first-order chi connectivity index (χ1) is 8.81. The van der Waals surface area contributed by atoms with Gasteiger partial charge in [-0.05, 0) is 36.5 Å².